The molecule has 0 bridgehead atoms. The summed E-state index contributed by atoms with van der Waals surface area (Å²) in [5.74, 6) is 0.246. The summed E-state index contributed by atoms with van der Waals surface area (Å²) in [5, 5.41) is 7.46. The summed E-state index contributed by atoms with van der Waals surface area (Å²) < 4.78 is 0. The van der Waals surface area contributed by atoms with Gasteiger partial charge in [0.1, 0.15) is 0 Å². The molecule has 0 radical (unpaired) electrons. The van der Waals surface area contributed by atoms with E-state index in [0.717, 1.165) is 31.5 Å². The zero-order chi connectivity index (χ0) is 12.1. The smallest absolute Gasteiger partial charge is 0.227 e. The molecule has 17 heavy (non-hydrogen) atoms. The first-order valence-corrected chi connectivity index (χ1v) is 7.19. The second-order valence-electron chi connectivity index (χ2n) is 4.65. The van der Waals surface area contributed by atoms with Crippen LogP contribution in [0.2, 0.25) is 0 Å². The van der Waals surface area contributed by atoms with Gasteiger partial charge in [-0.2, -0.15) is 11.3 Å². The third-order valence-corrected chi connectivity index (χ3v) is 4.15. The van der Waals surface area contributed by atoms with E-state index < -0.39 is 0 Å². The number of hydrogen-bond acceptors (Lipinski definition) is 3. The lowest BCUT2D eigenvalue weighted by Gasteiger charge is -2.27. The van der Waals surface area contributed by atoms with E-state index in [0.29, 0.717) is 12.5 Å². The van der Waals surface area contributed by atoms with Gasteiger partial charge in [-0.25, -0.2) is 0 Å². The van der Waals surface area contributed by atoms with Crippen molar-refractivity contribution < 1.29 is 4.79 Å². The number of nitrogens with one attached hydrogen (secondary N) is 1. The van der Waals surface area contributed by atoms with Gasteiger partial charge in [-0.15, -0.1) is 0 Å². The standard InChI is InChI=1S/C13H20N2OS/c1-15(12-3-2-6-14-7-4-12)13(16)9-11-5-8-17-10-11/h5,8,10,12,14H,2-4,6-7,9H2,1H3. The molecule has 1 atom stereocenters. The zero-order valence-electron chi connectivity index (χ0n) is 10.3. The minimum Gasteiger partial charge on any atom is -0.342 e. The Balaban J connectivity index is 1.89. The van der Waals surface area contributed by atoms with Gasteiger partial charge in [-0.05, 0) is 54.7 Å². The van der Waals surface area contributed by atoms with Crippen molar-refractivity contribution in [2.45, 2.75) is 31.7 Å². The van der Waals surface area contributed by atoms with Crippen LogP contribution in [-0.4, -0.2) is 37.0 Å². The van der Waals surface area contributed by atoms with Crippen molar-refractivity contribution in [2.24, 2.45) is 0 Å². The van der Waals surface area contributed by atoms with Gasteiger partial charge in [0.25, 0.3) is 0 Å². The third-order valence-electron chi connectivity index (χ3n) is 3.42. The van der Waals surface area contributed by atoms with E-state index >= 15 is 0 Å². The van der Waals surface area contributed by atoms with E-state index in [1.165, 1.54) is 6.42 Å². The van der Waals surface area contributed by atoms with Crippen LogP contribution in [0, 0.1) is 0 Å². The number of thiophene rings is 1. The molecule has 1 aromatic heterocycles. The van der Waals surface area contributed by atoms with Crippen LogP contribution in [0.4, 0.5) is 0 Å². The van der Waals surface area contributed by atoms with E-state index in [2.05, 4.69) is 10.7 Å². The van der Waals surface area contributed by atoms with Crippen LogP contribution in [0.15, 0.2) is 16.8 Å². The highest BCUT2D eigenvalue weighted by atomic mass is 32.1. The molecule has 0 aromatic carbocycles. The number of amides is 1. The molecule has 4 heteroatoms. The summed E-state index contributed by atoms with van der Waals surface area (Å²) in [6.07, 6.45) is 3.91. The summed E-state index contributed by atoms with van der Waals surface area (Å²) >= 11 is 1.65. The van der Waals surface area contributed by atoms with E-state index in [1.807, 2.05) is 23.4 Å². The van der Waals surface area contributed by atoms with Crippen molar-refractivity contribution in [2.75, 3.05) is 20.1 Å². The minimum atomic E-state index is 0.246. The average Bonchev–Trinajstić information content (AvgIpc) is 2.68. The monoisotopic (exact) mass is 252 g/mol. The molecule has 0 spiro atoms. The van der Waals surface area contributed by atoms with Crippen molar-refractivity contribution in [1.82, 2.24) is 10.2 Å². The molecule has 1 N–H and O–H groups in total. The number of hydrogen-bond donors (Lipinski definition) is 1. The highest BCUT2D eigenvalue weighted by Gasteiger charge is 2.20. The molecule has 0 saturated carbocycles. The Kier molecular flexibility index (Phi) is 4.57. The first-order valence-electron chi connectivity index (χ1n) is 6.25. The summed E-state index contributed by atoms with van der Waals surface area (Å²) in [6, 6.07) is 2.45. The van der Waals surface area contributed by atoms with Gasteiger partial charge in [0.2, 0.25) is 5.91 Å². The zero-order valence-corrected chi connectivity index (χ0v) is 11.1. The fourth-order valence-electron chi connectivity index (χ4n) is 2.28. The lowest BCUT2D eigenvalue weighted by Crippen LogP contribution is -2.38. The Bertz CT molecular complexity index is 342. The van der Waals surface area contributed by atoms with Crippen LogP contribution in [0.3, 0.4) is 0 Å². The summed E-state index contributed by atoms with van der Waals surface area (Å²) in [4.78, 5) is 14.1. The summed E-state index contributed by atoms with van der Waals surface area (Å²) in [6.45, 7) is 2.11. The molecule has 0 aliphatic carbocycles. The van der Waals surface area contributed by atoms with Gasteiger partial charge in [0, 0.05) is 13.1 Å². The summed E-state index contributed by atoms with van der Waals surface area (Å²) in [5.41, 5.74) is 1.14. The van der Waals surface area contributed by atoms with E-state index in [4.69, 9.17) is 0 Å². The number of likely N-dealkylation sites (N-methyl/N-ethyl adjacent to an activating group) is 1. The summed E-state index contributed by atoms with van der Waals surface area (Å²) in [7, 11) is 1.95. The molecule has 1 aliphatic heterocycles. The second kappa shape index (κ2) is 6.17. The van der Waals surface area contributed by atoms with Gasteiger partial charge < -0.3 is 10.2 Å². The molecule has 1 aromatic rings. The fraction of sp³-hybridized carbons (Fsp3) is 0.615. The maximum atomic E-state index is 12.1. The van der Waals surface area contributed by atoms with Crippen LogP contribution in [0.5, 0.6) is 0 Å². The number of carbonyl (C=O) groups is 1. The first kappa shape index (κ1) is 12.6. The normalized spacial score (nSPS) is 20.9. The molecule has 1 fully saturated rings. The highest BCUT2D eigenvalue weighted by molar-refractivity contribution is 7.07. The lowest BCUT2D eigenvalue weighted by atomic mass is 10.1. The molecule has 1 unspecified atom stereocenters. The molecule has 1 amide bonds. The van der Waals surface area contributed by atoms with Crippen LogP contribution in [-0.2, 0) is 11.2 Å². The molecular formula is C13H20N2OS. The van der Waals surface area contributed by atoms with Gasteiger partial charge in [0.05, 0.1) is 6.42 Å². The first-order chi connectivity index (χ1) is 8.27. The van der Waals surface area contributed by atoms with Crippen molar-refractivity contribution >= 4 is 17.2 Å². The van der Waals surface area contributed by atoms with E-state index in [1.54, 1.807) is 11.3 Å². The molecule has 2 heterocycles. The Morgan fingerprint density at radius 1 is 1.53 bits per heavy atom. The van der Waals surface area contributed by atoms with E-state index in [9.17, 15) is 4.79 Å². The van der Waals surface area contributed by atoms with Crippen molar-refractivity contribution in [3.8, 4) is 0 Å². The largest absolute Gasteiger partial charge is 0.342 e. The Morgan fingerprint density at radius 2 is 2.41 bits per heavy atom. The predicted octanol–water partition coefficient (Wildman–Crippen LogP) is 1.89. The van der Waals surface area contributed by atoms with Crippen molar-refractivity contribution in [1.29, 1.82) is 0 Å². The van der Waals surface area contributed by atoms with Crippen LogP contribution < -0.4 is 5.32 Å². The predicted molar refractivity (Wildman–Crippen MR) is 71.3 cm³/mol. The number of nitrogens with zero attached hydrogens (tertiary/aromatic N) is 1. The Labute approximate surface area is 107 Å². The molecule has 94 valence electrons. The topological polar surface area (TPSA) is 32.3 Å². The van der Waals surface area contributed by atoms with Crippen LogP contribution in [0.1, 0.15) is 24.8 Å². The molecule has 1 aliphatic rings. The Hall–Kier alpha value is -0.870. The number of rotatable bonds is 3. The highest BCUT2D eigenvalue weighted by Crippen LogP contribution is 2.14. The maximum absolute atomic E-state index is 12.1. The Morgan fingerprint density at radius 3 is 3.18 bits per heavy atom. The van der Waals surface area contributed by atoms with Gasteiger partial charge in [0.15, 0.2) is 0 Å². The molecule has 2 rings (SSSR count). The fourth-order valence-corrected chi connectivity index (χ4v) is 2.95. The molecular weight excluding hydrogens is 232 g/mol. The third kappa shape index (κ3) is 3.54. The van der Waals surface area contributed by atoms with Crippen molar-refractivity contribution in [3.63, 3.8) is 0 Å². The van der Waals surface area contributed by atoms with Crippen LogP contribution >= 0.6 is 11.3 Å². The molecule has 3 nitrogen and oxygen atoms in total. The SMILES string of the molecule is CN(C(=O)Cc1ccsc1)C1CCCNCC1. The van der Waals surface area contributed by atoms with Crippen LogP contribution in [0.25, 0.3) is 0 Å². The molecule has 1 saturated heterocycles. The minimum absolute atomic E-state index is 0.246. The number of carbonyl (C=O) groups excluding carboxylic acids is 1. The quantitative estimate of drug-likeness (QED) is 0.891. The van der Waals surface area contributed by atoms with Gasteiger partial charge >= 0.3 is 0 Å². The van der Waals surface area contributed by atoms with Crippen molar-refractivity contribution in [3.05, 3.63) is 22.4 Å². The lowest BCUT2D eigenvalue weighted by molar-refractivity contribution is -0.131. The average molecular weight is 252 g/mol. The second-order valence-corrected chi connectivity index (χ2v) is 5.43. The maximum Gasteiger partial charge on any atom is 0.227 e. The van der Waals surface area contributed by atoms with Gasteiger partial charge in [-0.3, -0.25) is 4.79 Å². The van der Waals surface area contributed by atoms with Gasteiger partial charge in [-0.1, -0.05) is 0 Å². The van der Waals surface area contributed by atoms with E-state index in [-0.39, 0.29) is 5.91 Å².